The molecule has 2 aromatic carbocycles. The number of halogens is 3. The van der Waals surface area contributed by atoms with Crippen LogP contribution in [-0.2, 0) is 12.7 Å². The Balaban J connectivity index is 1.35. The number of benzene rings is 2. The highest BCUT2D eigenvalue weighted by Gasteiger charge is 2.30. The summed E-state index contributed by atoms with van der Waals surface area (Å²) in [4.78, 5) is 24.7. The van der Waals surface area contributed by atoms with E-state index in [4.69, 9.17) is 5.11 Å². The Labute approximate surface area is 209 Å². The number of aromatic nitrogens is 4. The number of amides is 1. The van der Waals surface area contributed by atoms with Gasteiger partial charge in [-0.1, -0.05) is 24.3 Å². The van der Waals surface area contributed by atoms with Crippen LogP contribution in [0.2, 0.25) is 0 Å². The lowest BCUT2D eigenvalue weighted by Crippen LogP contribution is -2.17. The molecule has 0 saturated heterocycles. The van der Waals surface area contributed by atoms with E-state index in [1.807, 2.05) is 16.5 Å². The van der Waals surface area contributed by atoms with Crippen LogP contribution in [0, 0.1) is 0 Å². The lowest BCUT2D eigenvalue weighted by atomic mass is 10.0. The molecule has 0 fully saturated rings. The van der Waals surface area contributed by atoms with Crippen molar-refractivity contribution >= 4 is 28.5 Å². The minimum Gasteiger partial charge on any atom is -0.396 e. The first-order valence-electron chi connectivity index (χ1n) is 11.6. The van der Waals surface area contributed by atoms with Crippen LogP contribution in [-0.4, -0.2) is 43.5 Å². The van der Waals surface area contributed by atoms with Gasteiger partial charge in [0.1, 0.15) is 11.3 Å². The van der Waals surface area contributed by atoms with Crippen LogP contribution < -0.4 is 10.6 Å². The van der Waals surface area contributed by atoms with E-state index in [0.717, 1.165) is 17.8 Å². The van der Waals surface area contributed by atoms with Gasteiger partial charge in [-0.25, -0.2) is 9.97 Å². The molecule has 5 rings (SSSR count). The van der Waals surface area contributed by atoms with Crippen molar-refractivity contribution in [3.8, 4) is 11.1 Å². The summed E-state index contributed by atoms with van der Waals surface area (Å²) in [5.74, 6) is -0.260. The van der Waals surface area contributed by atoms with E-state index in [0.29, 0.717) is 47.3 Å². The molecule has 8 nitrogen and oxygen atoms in total. The van der Waals surface area contributed by atoms with Crippen LogP contribution in [0.1, 0.15) is 28.2 Å². The molecule has 190 valence electrons. The SMILES string of the molecule is O=C(Nc1nc2ccc(-c3cccc(C(F)(F)F)c3)cc2[nH]1)c1cn2c(CNCCCO)cccc2n1. The first-order valence-corrected chi connectivity index (χ1v) is 11.6. The molecule has 5 aromatic rings. The van der Waals surface area contributed by atoms with Crippen LogP contribution >= 0.6 is 0 Å². The van der Waals surface area contributed by atoms with Crippen molar-refractivity contribution in [2.24, 2.45) is 0 Å². The number of fused-ring (bicyclic) bond motifs is 2. The van der Waals surface area contributed by atoms with Gasteiger partial charge in [0.25, 0.3) is 5.91 Å². The Morgan fingerprint density at radius 3 is 2.65 bits per heavy atom. The van der Waals surface area contributed by atoms with Gasteiger partial charge in [0, 0.05) is 25.0 Å². The molecule has 0 aliphatic heterocycles. The molecule has 0 spiro atoms. The van der Waals surface area contributed by atoms with E-state index in [2.05, 4.69) is 25.6 Å². The number of aliphatic hydroxyl groups is 1. The topological polar surface area (TPSA) is 107 Å². The van der Waals surface area contributed by atoms with Crippen LogP contribution in [0.5, 0.6) is 0 Å². The fourth-order valence-electron chi connectivity index (χ4n) is 4.04. The number of hydrogen-bond donors (Lipinski definition) is 4. The highest BCUT2D eigenvalue weighted by molar-refractivity contribution is 6.03. The molecular weight excluding hydrogens is 485 g/mol. The number of imidazole rings is 2. The summed E-state index contributed by atoms with van der Waals surface area (Å²) in [6, 6.07) is 15.7. The molecule has 0 unspecified atom stereocenters. The number of pyridine rings is 1. The molecule has 0 radical (unpaired) electrons. The third-order valence-corrected chi connectivity index (χ3v) is 5.86. The maximum atomic E-state index is 13.1. The first kappa shape index (κ1) is 24.5. The predicted octanol–water partition coefficient (Wildman–Crippen LogP) is 4.62. The van der Waals surface area contributed by atoms with Crippen molar-refractivity contribution < 1.29 is 23.1 Å². The Hall–Kier alpha value is -4.22. The standard InChI is InChI=1S/C26H23F3N6O2/c27-26(28,29)18-5-1-4-16(12-18)17-8-9-20-21(13-17)33-25(32-20)34-24(37)22-15-35-19(14-30-10-3-11-36)6-2-7-23(35)31-22/h1-2,4-9,12-13,15,30,36H,3,10-11,14H2,(H2,32,33,34,37). The van der Waals surface area contributed by atoms with E-state index in [9.17, 15) is 18.0 Å². The predicted molar refractivity (Wildman–Crippen MR) is 133 cm³/mol. The molecule has 1 amide bonds. The number of alkyl halides is 3. The second-order valence-electron chi connectivity index (χ2n) is 8.48. The normalized spacial score (nSPS) is 11.9. The number of nitrogens with one attached hydrogen (secondary N) is 3. The Kier molecular flexibility index (Phi) is 6.64. The Morgan fingerprint density at radius 2 is 1.84 bits per heavy atom. The van der Waals surface area contributed by atoms with Crippen LogP contribution in [0.4, 0.5) is 19.1 Å². The fourth-order valence-corrected chi connectivity index (χ4v) is 4.04. The molecule has 0 saturated carbocycles. The molecule has 0 atom stereocenters. The van der Waals surface area contributed by atoms with E-state index in [1.54, 1.807) is 36.5 Å². The Morgan fingerprint density at radius 1 is 1.03 bits per heavy atom. The summed E-state index contributed by atoms with van der Waals surface area (Å²) in [5, 5.41) is 14.9. The van der Waals surface area contributed by atoms with E-state index >= 15 is 0 Å². The number of H-pyrrole nitrogens is 1. The number of aliphatic hydroxyl groups excluding tert-OH is 1. The van der Waals surface area contributed by atoms with Gasteiger partial charge in [0.15, 0.2) is 0 Å². The fraction of sp³-hybridized carbons (Fsp3) is 0.192. The lowest BCUT2D eigenvalue weighted by molar-refractivity contribution is -0.137. The molecule has 37 heavy (non-hydrogen) atoms. The van der Waals surface area contributed by atoms with Crippen molar-refractivity contribution in [3.05, 3.63) is 83.8 Å². The summed E-state index contributed by atoms with van der Waals surface area (Å²) in [6.45, 7) is 1.32. The highest BCUT2D eigenvalue weighted by Crippen LogP contribution is 2.33. The number of rotatable bonds is 8. The summed E-state index contributed by atoms with van der Waals surface area (Å²) in [5.41, 5.74) is 3.12. The van der Waals surface area contributed by atoms with Crippen molar-refractivity contribution in [2.75, 3.05) is 18.5 Å². The summed E-state index contributed by atoms with van der Waals surface area (Å²) in [6.07, 6.45) is -2.14. The van der Waals surface area contributed by atoms with Gasteiger partial charge >= 0.3 is 6.18 Å². The molecule has 0 aliphatic carbocycles. The lowest BCUT2D eigenvalue weighted by Gasteiger charge is -2.08. The van der Waals surface area contributed by atoms with Gasteiger partial charge in [-0.2, -0.15) is 13.2 Å². The van der Waals surface area contributed by atoms with Gasteiger partial charge in [0.05, 0.1) is 16.6 Å². The van der Waals surface area contributed by atoms with E-state index < -0.39 is 17.6 Å². The average Bonchev–Trinajstić information content (AvgIpc) is 3.50. The number of carbonyl (C=O) groups is 1. The zero-order chi connectivity index (χ0) is 26.0. The Bertz CT molecular complexity index is 1570. The van der Waals surface area contributed by atoms with Crippen molar-refractivity contribution in [1.29, 1.82) is 0 Å². The van der Waals surface area contributed by atoms with E-state index in [-0.39, 0.29) is 18.2 Å². The molecular formula is C26H23F3N6O2. The summed E-state index contributed by atoms with van der Waals surface area (Å²) >= 11 is 0. The van der Waals surface area contributed by atoms with E-state index in [1.165, 1.54) is 6.07 Å². The second-order valence-corrected chi connectivity index (χ2v) is 8.48. The smallest absolute Gasteiger partial charge is 0.396 e. The number of hydrogen-bond acceptors (Lipinski definition) is 5. The molecule has 0 aliphatic rings. The minimum atomic E-state index is -4.43. The third kappa shape index (κ3) is 5.32. The van der Waals surface area contributed by atoms with Crippen LogP contribution in [0.25, 0.3) is 27.8 Å². The van der Waals surface area contributed by atoms with Crippen LogP contribution in [0.3, 0.4) is 0 Å². The maximum Gasteiger partial charge on any atom is 0.416 e. The third-order valence-electron chi connectivity index (χ3n) is 5.86. The first-order chi connectivity index (χ1) is 17.8. The summed E-state index contributed by atoms with van der Waals surface area (Å²) < 4.78 is 41.1. The molecule has 3 heterocycles. The van der Waals surface area contributed by atoms with Gasteiger partial charge in [-0.15, -0.1) is 0 Å². The number of carbonyl (C=O) groups excluding carboxylic acids is 1. The number of aromatic amines is 1. The van der Waals surface area contributed by atoms with Gasteiger partial charge in [-0.3, -0.25) is 10.1 Å². The van der Waals surface area contributed by atoms with Gasteiger partial charge < -0.3 is 19.8 Å². The van der Waals surface area contributed by atoms with Crippen LogP contribution in [0.15, 0.2) is 66.9 Å². The minimum absolute atomic E-state index is 0.112. The average molecular weight is 509 g/mol. The van der Waals surface area contributed by atoms with Crippen molar-refractivity contribution in [1.82, 2.24) is 24.7 Å². The zero-order valence-corrected chi connectivity index (χ0v) is 19.5. The molecule has 0 bridgehead atoms. The van der Waals surface area contributed by atoms with Crippen molar-refractivity contribution in [3.63, 3.8) is 0 Å². The number of anilines is 1. The number of nitrogens with zero attached hydrogens (tertiary/aromatic N) is 3. The summed E-state index contributed by atoms with van der Waals surface area (Å²) in [7, 11) is 0. The zero-order valence-electron chi connectivity index (χ0n) is 19.5. The highest BCUT2D eigenvalue weighted by atomic mass is 19.4. The van der Waals surface area contributed by atoms with Crippen molar-refractivity contribution in [2.45, 2.75) is 19.1 Å². The quantitative estimate of drug-likeness (QED) is 0.229. The molecule has 11 heteroatoms. The second kappa shape index (κ2) is 10.0. The largest absolute Gasteiger partial charge is 0.416 e. The monoisotopic (exact) mass is 508 g/mol. The van der Waals surface area contributed by atoms with Gasteiger partial charge in [0.2, 0.25) is 5.95 Å². The van der Waals surface area contributed by atoms with Gasteiger partial charge in [-0.05, 0) is 60.5 Å². The molecule has 3 aromatic heterocycles. The maximum absolute atomic E-state index is 13.1. The molecule has 4 N–H and O–H groups in total.